The molecule has 1 N–H and O–H groups in total. The minimum Gasteiger partial charge on any atom is -0.459 e. The summed E-state index contributed by atoms with van der Waals surface area (Å²) in [5.74, 6) is -0.417. The Bertz CT molecular complexity index is 1090. The zero-order valence-corrected chi connectivity index (χ0v) is 19.2. The molecule has 0 amide bonds. The summed E-state index contributed by atoms with van der Waals surface area (Å²) >= 11 is 0. The molecule has 2 aromatic carbocycles. The molecule has 5 rings (SSSR count). The molecule has 1 saturated carbocycles. The van der Waals surface area contributed by atoms with Crippen LogP contribution in [0.15, 0.2) is 83.2 Å². The molecule has 2 aromatic rings. The lowest BCUT2D eigenvalue weighted by molar-refractivity contribution is -0.146. The molecule has 0 spiro atoms. The van der Waals surface area contributed by atoms with Crippen LogP contribution in [0, 0.1) is 0 Å². The monoisotopic (exact) mass is 441 g/mol. The molecule has 1 fully saturated rings. The van der Waals surface area contributed by atoms with Crippen molar-refractivity contribution in [3.8, 4) is 0 Å². The van der Waals surface area contributed by atoms with Gasteiger partial charge in [0.25, 0.3) is 0 Å². The van der Waals surface area contributed by atoms with Crippen molar-refractivity contribution in [2.24, 2.45) is 0 Å². The number of nitrogens with one attached hydrogen (secondary N) is 1. The number of carbonyl (C=O) groups is 2. The van der Waals surface area contributed by atoms with Gasteiger partial charge in [-0.05, 0) is 56.1 Å². The average molecular weight is 442 g/mol. The largest absolute Gasteiger partial charge is 0.459 e. The van der Waals surface area contributed by atoms with Crippen molar-refractivity contribution in [1.29, 1.82) is 0 Å². The Kier molecular flexibility index (Phi) is 6.17. The van der Waals surface area contributed by atoms with Crippen LogP contribution in [0.25, 0.3) is 0 Å². The number of hydrogen-bond acceptors (Lipinski definition) is 4. The smallest absolute Gasteiger partial charge is 0.337 e. The van der Waals surface area contributed by atoms with E-state index in [-0.39, 0.29) is 29.7 Å². The standard InChI is InChI=1S/C29H31NO3/c1-19-26(29(32)33-23-15-9-4-10-16-23)27(21-13-7-3-8-14-21)28-24(30-19)17-22(18-25(28)31)20-11-5-2-6-12-20/h2-3,5-8,11-14,22-23,27,30H,4,9-10,15-18H2,1H3. The predicted octanol–water partition coefficient (Wildman–Crippen LogP) is 5.92. The van der Waals surface area contributed by atoms with Gasteiger partial charge in [0.05, 0.1) is 5.57 Å². The van der Waals surface area contributed by atoms with Gasteiger partial charge in [-0.2, -0.15) is 0 Å². The highest BCUT2D eigenvalue weighted by atomic mass is 16.5. The number of ether oxygens (including phenoxy) is 1. The number of hydrogen-bond donors (Lipinski definition) is 1. The third-order valence-corrected chi connectivity index (χ3v) is 7.28. The van der Waals surface area contributed by atoms with E-state index in [0.29, 0.717) is 12.0 Å². The highest BCUT2D eigenvalue weighted by Gasteiger charge is 2.41. The molecule has 0 aromatic heterocycles. The Labute approximate surface area is 195 Å². The summed E-state index contributed by atoms with van der Waals surface area (Å²) in [7, 11) is 0. The van der Waals surface area contributed by atoms with E-state index in [4.69, 9.17) is 4.74 Å². The Hall–Kier alpha value is -3.14. The second-order valence-electron chi connectivity index (χ2n) is 9.50. The van der Waals surface area contributed by atoms with Crippen molar-refractivity contribution < 1.29 is 14.3 Å². The molecule has 0 bridgehead atoms. The quantitative estimate of drug-likeness (QED) is 0.598. The zero-order chi connectivity index (χ0) is 22.8. The molecule has 2 aliphatic carbocycles. The fraction of sp³-hybridized carbons (Fsp3) is 0.379. The van der Waals surface area contributed by atoms with Crippen LogP contribution >= 0.6 is 0 Å². The summed E-state index contributed by atoms with van der Waals surface area (Å²) in [5.41, 5.74) is 5.20. The van der Waals surface area contributed by atoms with E-state index < -0.39 is 0 Å². The summed E-state index contributed by atoms with van der Waals surface area (Å²) in [6, 6.07) is 20.2. The van der Waals surface area contributed by atoms with Crippen LogP contribution in [0.3, 0.4) is 0 Å². The van der Waals surface area contributed by atoms with Gasteiger partial charge in [-0.25, -0.2) is 4.79 Å². The number of rotatable bonds is 4. The number of allylic oxidation sites excluding steroid dienone is 3. The van der Waals surface area contributed by atoms with Crippen molar-refractivity contribution in [1.82, 2.24) is 5.32 Å². The SMILES string of the molecule is CC1=C(C(=O)OC2CCCCC2)C(c2ccccc2)C2=C(CC(c3ccccc3)CC2=O)N1. The Balaban J connectivity index is 1.51. The maximum atomic E-state index is 13.6. The molecule has 0 radical (unpaired) electrons. The van der Waals surface area contributed by atoms with Gasteiger partial charge in [0.1, 0.15) is 6.10 Å². The summed E-state index contributed by atoms with van der Waals surface area (Å²) in [4.78, 5) is 27.1. The predicted molar refractivity (Wildman–Crippen MR) is 128 cm³/mol. The zero-order valence-electron chi connectivity index (χ0n) is 19.2. The normalized spacial score (nSPS) is 23.7. The number of benzene rings is 2. The molecule has 4 heteroatoms. The Morgan fingerprint density at radius 3 is 2.18 bits per heavy atom. The van der Waals surface area contributed by atoms with Gasteiger partial charge in [0, 0.05) is 29.3 Å². The van der Waals surface area contributed by atoms with E-state index >= 15 is 0 Å². The second-order valence-corrected chi connectivity index (χ2v) is 9.50. The van der Waals surface area contributed by atoms with Crippen molar-refractivity contribution in [3.05, 3.63) is 94.3 Å². The molecule has 1 heterocycles. The van der Waals surface area contributed by atoms with Crippen molar-refractivity contribution in [3.63, 3.8) is 0 Å². The highest BCUT2D eigenvalue weighted by Crippen LogP contribution is 2.45. The third kappa shape index (κ3) is 4.39. The minimum absolute atomic E-state index is 0.0251. The molecular weight excluding hydrogens is 410 g/mol. The molecule has 170 valence electrons. The van der Waals surface area contributed by atoms with E-state index in [1.165, 1.54) is 12.0 Å². The van der Waals surface area contributed by atoms with Crippen LogP contribution in [0.4, 0.5) is 0 Å². The maximum absolute atomic E-state index is 13.6. The van der Waals surface area contributed by atoms with E-state index in [2.05, 4.69) is 17.4 Å². The van der Waals surface area contributed by atoms with Gasteiger partial charge in [0.2, 0.25) is 0 Å². The van der Waals surface area contributed by atoms with Crippen molar-refractivity contribution in [2.45, 2.75) is 69.8 Å². The number of dihydropyridines is 1. The number of esters is 1. The molecule has 2 atom stereocenters. The van der Waals surface area contributed by atoms with E-state index in [0.717, 1.165) is 54.6 Å². The number of ketones is 1. The van der Waals surface area contributed by atoms with Crippen LogP contribution in [0.2, 0.25) is 0 Å². The van der Waals surface area contributed by atoms with Gasteiger partial charge < -0.3 is 10.1 Å². The molecular formula is C29H31NO3. The maximum Gasteiger partial charge on any atom is 0.337 e. The number of Topliss-reactive ketones (excluding diaryl/α,β-unsaturated/α-hetero) is 1. The lowest BCUT2D eigenvalue weighted by atomic mass is 9.72. The first kappa shape index (κ1) is 21.7. The molecule has 1 aliphatic heterocycles. The van der Waals surface area contributed by atoms with Gasteiger partial charge in [-0.3, -0.25) is 4.79 Å². The van der Waals surface area contributed by atoms with E-state index in [1.807, 2.05) is 55.5 Å². The van der Waals surface area contributed by atoms with Gasteiger partial charge >= 0.3 is 5.97 Å². The first-order valence-electron chi connectivity index (χ1n) is 12.2. The lowest BCUT2D eigenvalue weighted by Crippen LogP contribution is -2.37. The van der Waals surface area contributed by atoms with Gasteiger partial charge in [-0.1, -0.05) is 67.1 Å². The fourth-order valence-corrected chi connectivity index (χ4v) is 5.65. The Morgan fingerprint density at radius 1 is 0.879 bits per heavy atom. The average Bonchev–Trinajstić information content (AvgIpc) is 2.84. The van der Waals surface area contributed by atoms with Gasteiger partial charge in [0.15, 0.2) is 5.78 Å². The fourth-order valence-electron chi connectivity index (χ4n) is 5.65. The Morgan fingerprint density at radius 2 is 1.52 bits per heavy atom. The third-order valence-electron chi connectivity index (χ3n) is 7.28. The molecule has 33 heavy (non-hydrogen) atoms. The lowest BCUT2D eigenvalue weighted by Gasteiger charge is -2.37. The van der Waals surface area contributed by atoms with Crippen LogP contribution < -0.4 is 5.32 Å². The topological polar surface area (TPSA) is 55.4 Å². The molecule has 4 nitrogen and oxygen atoms in total. The second kappa shape index (κ2) is 9.38. The van der Waals surface area contributed by atoms with Crippen LogP contribution in [-0.2, 0) is 14.3 Å². The number of carbonyl (C=O) groups excluding carboxylic acids is 2. The first-order chi connectivity index (χ1) is 16.1. The molecule has 3 aliphatic rings. The summed E-state index contributed by atoms with van der Waals surface area (Å²) in [6.07, 6.45) is 6.45. The van der Waals surface area contributed by atoms with Crippen molar-refractivity contribution >= 4 is 11.8 Å². The molecule has 0 saturated heterocycles. The van der Waals surface area contributed by atoms with Crippen LogP contribution in [0.5, 0.6) is 0 Å². The van der Waals surface area contributed by atoms with E-state index in [1.54, 1.807) is 0 Å². The molecule has 2 unspecified atom stereocenters. The van der Waals surface area contributed by atoms with E-state index in [9.17, 15) is 9.59 Å². The summed E-state index contributed by atoms with van der Waals surface area (Å²) < 4.78 is 5.99. The van der Waals surface area contributed by atoms with Gasteiger partial charge in [-0.15, -0.1) is 0 Å². The highest BCUT2D eigenvalue weighted by molar-refractivity contribution is 6.04. The summed E-state index contributed by atoms with van der Waals surface area (Å²) in [5, 5.41) is 3.45. The first-order valence-corrected chi connectivity index (χ1v) is 12.2. The van der Waals surface area contributed by atoms with Crippen LogP contribution in [-0.4, -0.2) is 17.9 Å². The summed E-state index contributed by atoms with van der Waals surface area (Å²) in [6.45, 7) is 1.94. The minimum atomic E-state index is -0.386. The van der Waals surface area contributed by atoms with Crippen molar-refractivity contribution in [2.75, 3.05) is 0 Å². The van der Waals surface area contributed by atoms with Crippen LogP contribution in [0.1, 0.15) is 74.8 Å².